The van der Waals surface area contributed by atoms with Crippen molar-refractivity contribution >= 4 is 10.0 Å². The van der Waals surface area contributed by atoms with E-state index in [1.54, 1.807) is 4.31 Å². The molecule has 2 saturated heterocycles. The van der Waals surface area contributed by atoms with Crippen LogP contribution in [0.25, 0.3) is 11.3 Å². The van der Waals surface area contributed by atoms with Crippen LogP contribution in [0.1, 0.15) is 25.1 Å². The normalized spacial score (nSPS) is 22.6. The smallest absolute Gasteiger partial charge is 0.218 e. The molecule has 7 heteroatoms. The molecule has 0 amide bonds. The fourth-order valence-electron chi connectivity index (χ4n) is 3.76. The molecule has 1 atom stereocenters. The summed E-state index contributed by atoms with van der Waals surface area (Å²) in [5.74, 6) is 0.887. The van der Waals surface area contributed by atoms with Crippen molar-refractivity contribution < 1.29 is 8.42 Å². The van der Waals surface area contributed by atoms with Gasteiger partial charge in [-0.2, -0.15) is 0 Å². The summed E-state index contributed by atoms with van der Waals surface area (Å²) in [5, 5.41) is -0.269. The van der Waals surface area contributed by atoms with Crippen LogP contribution in [-0.2, 0) is 16.6 Å². The molecule has 1 N–H and O–H groups in total. The number of hydrogen-bond donors (Lipinski definition) is 1. The number of aromatic nitrogens is 2. The van der Waals surface area contributed by atoms with E-state index in [2.05, 4.69) is 14.9 Å². The van der Waals surface area contributed by atoms with Crippen molar-refractivity contribution in [2.75, 3.05) is 26.2 Å². The highest BCUT2D eigenvalue weighted by Gasteiger charge is 2.38. The molecule has 134 valence electrons. The van der Waals surface area contributed by atoms with Crippen molar-refractivity contribution in [3.8, 4) is 11.3 Å². The molecule has 0 saturated carbocycles. The second-order valence-electron chi connectivity index (χ2n) is 6.91. The average Bonchev–Trinajstić information content (AvgIpc) is 3.38. The first-order valence-electron chi connectivity index (χ1n) is 8.93. The number of hydrogen-bond acceptors (Lipinski definition) is 4. The number of aromatic amines is 1. The molecule has 1 aromatic heterocycles. The van der Waals surface area contributed by atoms with Gasteiger partial charge in [0, 0.05) is 26.2 Å². The van der Waals surface area contributed by atoms with Crippen molar-refractivity contribution in [2.45, 2.75) is 31.1 Å². The average molecular weight is 360 g/mol. The minimum absolute atomic E-state index is 0.269. The van der Waals surface area contributed by atoms with Gasteiger partial charge in [0.15, 0.2) is 0 Å². The lowest BCUT2D eigenvalue weighted by atomic mass is 10.2. The summed E-state index contributed by atoms with van der Waals surface area (Å²) in [6.45, 7) is 3.45. The number of nitrogens with zero attached hydrogens (tertiary/aromatic N) is 3. The summed E-state index contributed by atoms with van der Waals surface area (Å²) >= 11 is 0. The predicted molar refractivity (Wildman–Crippen MR) is 97.4 cm³/mol. The Balaban J connectivity index is 1.39. The molecule has 3 heterocycles. The Hall–Kier alpha value is -1.70. The summed E-state index contributed by atoms with van der Waals surface area (Å²) in [5.41, 5.74) is 2.10. The molecule has 0 bridgehead atoms. The minimum atomic E-state index is -3.14. The van der Waals surface area contributed by atoms with Crippen molar-refractivity contribution in [1.82, 2.24) is 19.2 Å². The number of imidazole rings is 1. The first kappa shape index (κ1) is 16.8. The summed E-state index contributed by atoms with van der Waals surface area (Å²) < 4.78 is 27.1. The van der Waals surface area contributed by atoms with Crippen LogP contribution in [0.2, 0.25) is 0 Å². The fraction of sp³-hybridized carbons (Fsp3) is 0.500. The Kier molecular flexibility index (Phi) is 4.62. The van der Waals surface area contributed by atoms with E-state index in [0.717, 1.165) is 36.5 Å². The zero-order chi connectivity index (χ0) is 17.3. The monoisotopic (exact) mass is 360 g/mol. The Morgan fingerprint density at radius 1 is 1.12 bits per heavy atom. The van der Waals surface area contributed by atoms with Crippen LogP contribution in [0.15, 0.2) is 36.5 Å². The first-order valence-corrected chi connectivity index (χ1v) is 10.4. The largest absolute Gasteiger partial charge is 0.341 e. The van der Waals surface area contributed by atoms with Gasteiger partial charge in [-0.3, -0.25) is 4.90 Å². The van der Waals surface area contributed by atoms with Gasteiger partial charge < -0.3 is 4.98 Å². The lowest BCUT2D eigenvalue weighted by Crippen LogP contribution is -2.38. The van der Waals surface area contributed by atoms with E-state index >= 15 is 0 Å². The van der Waals surface area contributed by atoms with E-state index < -0.39 is 10.0 Å². The highest BCUT2D eigenvalue weighted by Crippen LogP contribution is 2.25. The topological polar surface area (TPSA) is 69.3 Å². The number of H-pyrrole nitrogens is 1. The summed E-state index contributed by atoms with van der Waals surface area (Å²) in [6, 6.07) is 10.1. The standard InChI is InChI=1S/C18H24N4O2S/c23-25(24,22-9-4-5-10-22)16-8-11-21(13-16)14-18-19-12-17(20-18)15-6-2-1-3-7-15/h1-3,6-7,12,16H,4-5,8-11,13-14H2,(H,19,20). The molecule has 1 aromatic carbocycles. The van der Waals surface area contributed by atoms with Gasteiger partial charge in [0.2, 0.25) is 10.0 Å². The van der Waals surface area contributed by atoms with Gasteiger partial charge in [-0.1, -0.05) is 30.3 Å². The highest BCUT2D eigenvalue weighted by molar-refractivity contribution is 7.89. The summed E-state index contributed by atoms with van der Waals surface area (Å²) in [6.07, 6.45) is 4.54. The molecule has 1 unspecified atom stereocenters. The molecule has 6 nitrogen and oxygen atoms in total. The van der Waals surface area contributed by atoms with E-state index in [1.165, 1.54) is 0 Å². The zero-order valence-electron chi connectivity index (χ0n) is 14.3. The number of rotatable bonds is 5. The van der Waals surface area contributed by atoms with Gasteiger partial charge in [-0.15, -0.1) is 0 Å². The van der Waals surface area contributed by atoms with Gasteiger partial charge in [0.05, 0.1) is 23.7 Å². The molecule has 0 spiro atoms. The maximum atomic E-state index is 12.7. The van der Waals surface area contributed by atoms with Crippen molar-refractivity contribution in [2.24, 2.45) is 0 Å². The van der Waals surface area contributed by atoms with E-state index in [-0.39, 0.29) is 5.25 Å². The fourth-order valence-corrected chi connectivity index (χ4v) is 5.75. The number of likely N-dealkylation sites (tertiary alicyclic amines) is 1. The van der Waals surface area contributed by atoms with E-state index in [9.17, 15) is 8.42 Å². The van der Waals surface area contributed by atoms with Gasteiger partial charge in [0.25, 0.3) is 0 Å². The minimum Gasteiger partial charge on any atom is -0.341 e. The first-order chi connectivity index (χ1) is 12.1. The van der Waals surface area contributed by atoms with E-state index in [0.29, 0.717) is 32.6 Å². The van der Waals surface area contributed by atoms with Crippen LogP contribution in [-0.4, -0.2) is 59.0 Å². The highest BCUT2D eigenvalue weighted by atomic mass is 32.2. The van der Waals surface area contributed by atoms with Crippen LogP contribution in [0.3, 0.4) is 0 Å². The third kappa shape index (κ3) is 3.49. The molecule has 2 aromatic rings. The Bertz CT molecular complexity index is 813. The number of sulfonamides is 1. The number of nitrogens with one attached hydrogen (secondary N) is 1. The van der Waals surface area contributed by atoms with Crippen molar-refractivity contribution in [1.29, 1.82) is 0 Å². The lowest BCUT2D eigenvalue weighted by Gasteiger charge is -2.21. The molecule has 0 radical (unpaired) electrons. The van der Waals surface area contributed by atoms with Crippen molar-refractivity contribution in [3.63, 3.8) is 0 Å². The predicted octanol–water partition coefficient (Wildman–Crippen LogP) is 2.08. The second-order valence-corrected chi connectivity index (χ2v) is 9.12. The maximum absolute atomic E-state index is 12.7. The van der Waals surface area contributed by atoms with Crippen LogP contribution in [0.5, 0.6) is 0 Å². The van der Waals surface area contributed by atoms with E-state index in [1.807, 2.05) is 36.5 Å². The molecule has 2 fully saturated rings. The SMILES string of the molecule is O=S(=O)(C1CCN(Cc2ncc(-c3ccccc3)[nH]2)C1)N1CCCC1. The molecule has 0 aliphatic carbocycles. The molecule has 2 aliphatic rings. The summed E-state index contributed by atoms with van der Waals surface area (Å²) in [7, 11) is -3.14. The third-order valence-electron chi connectivity index (χ3n) is 5.16. The van der Waals surface area contributed by atoms with Crippen LogP contribution < -0.4 is 0 Å². The summed E-state index contributed by atoms with van der Waals surface area (Å²) in [4.78, 5) is 10.0. The Labute approximate surface area is 148 Å². The molecule has 2 aliphatic heterocycles. The van der Waals surface area contributed by atoms with Gasteiger partial charge in [-0.25, -0.2) is 17.7 Å². The van der Waals surface area contributed by atoms with Crippen LogP contribution in [0, 0.1) is 0 Å². The maximum Gasteiger partial charge on any atom is 0.218 e. The molecular weight excluding hydrogens is 336 g/mol. The van der Waals surface area contributed by atoms with Gasteiger partial charge in [0.1, 0.15) is 5.82 Å². The lowest BCUT2D eigenvalue weighted by molar-refractivity contribution is 0.322. The molecular formula is C18H24N4O2S. The van der Waals surface area contributed by atoms with Gasteiger partial charge in [-0.05, 0) is 24.8 Å². The number of benzene rings is 1. The van der Waals surface area contributed by atoms with Gasteiger partial charge >= 0.3 is 0 Å². The zero-order valence-corrected chi connectivity index (χ0v) is 15.1. The Morgan fingerprint density at radius 2 is 1.88 bits per heavy atom. The Morgan fingerprint density at radius 3 is 2.64 bits per heavy atom. The molecule has 25 heavy (non-hydrogen) atoms. The quantitative estimate of drug-likeness (QED) is 0.886. The van der Waals surface area contributed by atoms with E-state index in [4.69, 9.17) is 0 Å². The van der Waals surface area contributed by atoms with Crippen LogP contribution >= 0.6 is 0 Å². The molecule has 4 rings (SSSR count). The third-order valence-corrected chi connectivity index (χ3v) is 7.47. The second kappa shape index (κ2) is 6.90. The van der Waals surface area contributed by atoms with Crippen LogP contribution in [0.4, 0.5) is 0 Å². The van der Waals surface area contributed by atoms with Crippen molar-refractivity contribution in [3.05, 3.63) is 42.4 Å².